The SMILES string of the molecule is CCOC(=O)c1ccc(N2C(=O)C[C@@H](NNC(=O)c3cc(OC)cc(OC)c3)C2=O)cc1. The fourth-order valence-electron chi connectivity index (χ4n) is 3.14. The van der Waals surface area contributed by atoms with Gasteiger partial charge in [0.1, 0.15) is 17.5 Å². The maximum Gasteiger partial charge on any atom is 0.338 e. The lowest BCUT2D eigenvalue weighted by molar-refractivity contribution is -0.121. The number of imide groups is 1. The summed E-state index contributed by atoms with van der Waals surface area (Å²) in [6, 6.07) is 9.64. The van der Waals surface area contributed by atoms with E-state index in [1.807, 2.05) is 0 Å². The molecule has 2 aromatic carbocycles. The Kier molecular flexibility index (Phi) is 7.06. The van der Waals surface area contributed by atoms with Crippen LogP contribution in [0, 0.1) is 0 Å². The quantitative estimate of drug-likeness (QED) is 0.358. The molecule has 3 rings (SSSR count). The first-order valence-electron chi connectivity index (χ1n) is 9.80. The summed E-state index contributed by atoms with van der Waals surface area (Å²) in [5.41, 5.74) is 5.94. The highest BCUT2D eigenvalue weighted by atomic mass is 16.5. The van der Waals surface area contributed by atoms with Crippen molar-refractivity contribution in [2.24, 2.45) is 0 Å². The Hall–Kier alpha value is -3.92. The normalized spacial score (nSPS) is 15.5. The largest absolute Gasteiger partial charge is 0.497 e. The van der Waals surface area contributed by atoms with Crippen molar-refractivity contribution in [2.75, 3.05) is 25.7 Å². The summed E-state index contributed by atoms with van der Waals surface area (Å²) < 4.78 is 15.2. The number of methoxy groups -OCH3 is 2. The van der Waals surface area contributed by atoms with Gasteiger partial charge in [0, 0.05) is 11.6 Å². The minimum atomic E-state index is -0.941. The molecule has 2 N–H and O–H groups in total. The Bertz CT molecular complexity index is 1010. The molecule has 32 heavy (non-hydrogen) atoms. The second-order valence-electron chi connectivity index (χ2n) is 6.79. The van der Waals surface area contributed by atoms with E-state index in [1.165, 1.54) is 50.6 Å². The highest BCUT2D eigenvalue weighted by molar-refractivity contribution is 6.22. The number of benzene rings is 2. The third-order valence-corrected chi connectivity index (χ3v) is 4.76. The van der Waals surface area contributed by atoms with Crippen molar-refractivity contribution in [1.82, 2.24) is 10.9 Å². The van der Waals surface area contributed by atoms with Crippen LogP contribution in [0.25, 0.3) is 0 Å². The van der Waals surface area contributed by atoms with E-state index < -0.39 is 29.7 Å². The Labute approximate surface area is 184 Å². The third kappa shape index (κ3) is 4.86. The lowest BCUT2D eigenvalue weighted by Gasteiger charge is -2.16. The summed E-state index contributed by atoms with van der Waals surface area (Å²) in [6.07, 6.45) is -0.139. The number of nitrogens with zero attached hydrogens (tertiary/aromatic N) is 1. The van der Waals surface area contributed by atoms with Gasteiger partial charge in [-0.25, -0.2) is 15.1 Å². The van der Waals surface area contributed by atoms with E-state index >= 15 is 0 Å². The predicted octanol–water partition coefficient (Wildman–Crippen LogP) is 1.45. The zero-order valence-electron chi connectivity index (χ0n) is 17.8. The van der Waals surface area contributed by atoms with Gasteiger partial charge in [-0.1, -0.05) is 0 Å². The van der Waals surface area contributed by atoms with Crippen LogP contribution in [0.4, 0.5) is 5.69 Å². The molecule has 1 atom stereocenters. The molecule has 1 aliphatic heterocycles. The molecule has 1 heterocycles. The molecular weight excluding hydrogens is 418 g/mol. The van der Waals surface area contributed by atoms with E-state index in [-0.39, 0.29) is 18.6 Å². The molecule has 0 saturated carbocycles. The van der Waals surface area contributed by atoms with Crippen molar-refractivity contribution in [3.8, 4) is 11.5 Å². The van der Waals surface area contributed by atoms with Gasteiger partial charge in [0.25, 0.3) is 11.8 Å². The van der Waals surface area contributed by atoms with E-state index in [9.17, 15) is 19.2 Å². The van der Waals surface area contributed by atoms with Gasteiger partial charge in [0.05, 0.1) is 38.5 Å². The average molecular weight is 441 g/mol. The topological polar surface area (TPSA) is 123 Å². The van der Waals surface area contributed by atoms with Gasteiger partial charge in [0.15, 0.2) is 0 Å². The number of carbonyl (C=O) groups excluding carboxylic acids is 4. The Morgan fingerprint density at radius 1 is 1.00 bits per heavy atom. The van der Waals surface area contributed by atoms with Crippen LogP contribution in [0.3, 0.4) is 0 Å². The molecule has 168 valence electrons. The highest BCUT2D eigenvalue weighted by Crippen LogP contribution is 2.24. The molecule has 1 fully saturated rings. The molecule has 10 heteroatoms. The van der Waals surface area contributed by atoms with Crippen LogP contribution < -0.4 is 25.2 Å². The van der Waals surface area contributed by atoms with Gasteiger partial charge in [0.2, 0.25) is 5.91 Å². The van der Waals surface area contributed by atoms with E-state index in [0.29, 0.717) is 22.7 Å². The van der Waals surface area contributed by atoms with Crippen LogP contribution >= 0.6 is 0 Å². The van der Waals surface area contributed by atoms with Crippen LogP contribution in [0.2, 0.25) is 0 Å². The summed E-state index contributed by atoms with van der Waals surface area (Å²) >= 11 is 0. The molecule has 1 saturated heterocycles. The molecule has 3 amide bonds. The second-order valence-corrected chi connectivity index (χ2v) is 6.79. The van der Waals surface area contributed by atoms with Gasteiger partial charge < -0.3 is 14.2 Å². The van der Waals surface area contributed by atoms with Crippen LogP contribution in [0.1, 0.15) is 34.1 Å². The number of hydrogen-bond acceptors (Lipinski definition) is 8. The van der Waals surface area contributed by atoms with Gasteiger partial charge >= 0.3 is 5.97 Å². The molecule has 0 unspecified atom stereocenters. The molecule has 0 aromatic heterocycles. The Morgan fingerprint density at radius 3 is 2.19 bits per heavy atom. The molecule has 10 nitrogen and oxygen atoms in total. The summed E-state index contributed by atoms with van der Waals surface area (Å²) in [7, 11) is 2.93. The minimum absolute atomic E-state index is 0.139. The van der Waals surface area contributed by atoms with Crippen molar-refractivity contribution in [3.05, 3.63) is 53.6 Å². The molecule has 2 aromatic rings. The molecule has 0 aliphatic carbocycles. The van der Waals surface area contributed by atoms with E-state index in [4.69, 9.17) is 14.2 Å². The molecule has 0 bridgehead atoms. The third-order valence-electron chi connectivity index (χ3n) is 4.76. The first-order valence-corrected chi connectivity index (χ1v) is 9.80. The zero-order chi connectivity index (χ0) is 23.3. The Morgan fingerprint density at radius 2 is 1.62 bits per heavy atom. The average Bonchev–Trinajstić information content (AvgIpc) is 3.10. The van der Waals surface area contributed by atoms with Crippen molar-refractivity contribution in [1.29, 1.82) is 0 Å². The van der Waals surface area contributed by atoms with Crippen LogP contribution in [-0.4, -0.2) is 50.6 Å². The summed E-state index contributed by atoms with van der Waals surface area (Å²) in [6.45, 7) is 1.94. The lowest BCUT2D eigenvalue weighted by Crippen LogP contribution is -2.48. The van der Waals surface area contributed by atoms with Crippen molar-refractivity contribution in [2.45, 2.75) is 19.4 Å². The number of carbonyl (C=O) groups is 4. The van der Waals surface area contributed by atoms with Gasteiger partial charge in [-0.2, -0.15) is 0 Å². The molecule has 0 radical (unpaired) electrons. The Balaban J connectivity index is 1.66. The number of hydrogen-bond donors (Lipinski definition) is 2. The number of hydrazine groups is 1. The molecule has 1 aliphatic rings. The number of nitrogens with one attached hydrogen (secondary N) is 2. The highest BCUT2D eigenvalue weighted by Gasteiger charge is 2.39. The van der Waals surface area contributed by atoms with Crippen LogP contribution in [0.15, 0.2) is 42.5 Å². The number of ether oxygens (including phenoxy) is 3. The zero-order valence-corrected chi connectivity index (χ0v) is 17.8. The first-order chi connectivity index (χ1) is 15.4. The van der Waals surface area contributed by atoms with Gasteiger partial charge in [-0.05, 0) is 43.3 Å². The number of rotatable bonds is 8. The fourth-order valence-corrected chi connectivity index (χ4v) is 3.14. The predicted molar refractivity (Wildman–Crippen MR) is 113 cm³/mol. The molecular formula is C22H23N3O7. The summed E-state index contributed by atoms with van der Waals surface area (Å²) in [5, 5.41) is 0. The summed E-state index contributed by atoms with van der Waals surface area (Å²) in [4.78, 5) is 50.4. The van der Waals surface area contributed by atoms with Crippen molar-refractivity contribution < 1.29 is 33.4 Å². The van der Waals surface area contributed by atoms with Crippen molar-refractivity contribution in [3.63, 3.8) is 0 Å². The van der Waals surface area contributed by atoms with E-state index in [0.717, 1.165) is 4.90 Å². The maximum atomic E-state index is 12.7. The van der Waals surface area contributed by atoms with Gasteiger partial charge in [-0.15, -0.1) is 0 Å². The monoisotopic (exact) mass is 441 g/mol. The minimum Gasteiger partial charge on any atom is -0.497 e. The standard InChI is InChI=1S/C22H23N3O7/c1-4-32-22(29)13-5-7-15(8-6-13)25-19(26)12-18(21(25)28)23-24-20(27)14-9-16(30-2)11-17(10-14)31-3/h5-11,18,23H,4,12H2,1-3H3,(H,24,27)/t18-/m1/s1. The van der Waals surface area contributed by atoms with Crippen molar-refractivity contribution >= 4 is 29.4 Å². The van der Waals surface area contributed by atoms with Crippen LogP contribution in [-0.2, 0) is 14.3 Å². The van der Waals surface area contributed by atoms with E-state index in [1.54, 1.807) is 13.0 Å². The smallest absolute Gasteiger partial charge is 0.338 e. The second kappa shape index (κ2) is 9.92. The number of amides is 3. The number of esters is 1. The van der Waals surface area contributed by atoms with Crippen LogP contribution in [0.5, 0.6) is 11.5 Å². The lowest BCUT2D eigenvalue weighted by atomic mass is 10.2. The van der Waals surface area contributed by atoms with E-state index in [2.05, 4.69) is 10.9 Å². The first kappa shape index (κ1) is 22.8. The van der Waals surface area contributed by atoms with Gasteiger partial charge in [-0.3, -0.25) is 19.8 Å². The summed E-state index contributed by atoms with van der Waals surface area (Å²) in [5.74, 6) is -1.12. The molecule has 0 spiro atoms. The fraction of sp³-hybridized carbons (Fsp3) is 0.273. The maximum absolute atomic E-state index is 12.7. The number of anilines is 1.